The van der Waals surface area contributed by atoms with E-state index in [9.17, 15) is 4.79 Å². The van der Waals surface area contributed by atoms with E-state index >= 15 is 0 Å². The minimum atomic E-state index is -0.0644. The summed E-state index contributed by atoms with van der Waals surface area (Å²) < 4.78 is 0. The van der Waals surface area contributed by atoms with Crippen LogP contribution in [0.2, 0.25) is 0 Å². The zero-order valence-corrected chi connectivity index (χ0v) is 14.3. The van der Waals surface area contributed by atoms with Gasteiger partial charge in [0, 0.05) is 5.69 Å². The van der Waals surface area contributed by atoms with Gasteiger partial charge in [0.15, 0.2) is 0 Å². The van der Waals surface area contributed by atoms with E-state index in [1.54, 1.807) is 0 Å². The molecular formula is C23H19NO. The zero-order chi connectivity index (χ0) is 17.4. The van der Waals surface area contributed by atoms with E-state index < -0.39 is 0 Å². The van der Waals surface area contributed by atoms with Gasteiger partial charge in [-0.3, -0.25) is 4.79 Å². The number of hydrogen-bond acceptors (Lipinski definition) is 1. The van der Waals surface area contributed by atoms with Crippen molar-refractivity contribution in [1.29, 1.82) is 0 Å². The normalized spacial score (nSPS) is 11.0. The van der Waals surface area contributed by atoms with Gasteiger partial charge in [-0.15, -0.1) is 0 Å². The molecule has 0 fully saturated rings. The second-order valence-electron chi connectivity index (χ2n) is 6.41. The summed E-state index contributed by atoms with van der Waals surface area (Å²) in [6, 6.07) is 24.3. The maximum atomic E-state index is 13.2. The molecule has 0 radical (unpaired) electrons. The minimum Gasteiger partial charge on any atom is -0.321 e. The van der Waals surface area contributed by atoms with Crippen LogP contribution in [-0.4, -0.2) is 5.91 Å². The van der Waals surface area contributed by atoms with Crippen molar-refractivity contribution in [2.75, 3.05) is 5.32 Å². The van der Waals surface area contributed by atoms with Crippen LogP contribution in [0.3, 0.4) is 0 Å². The molecule has 4 rings (SSSR count). The average Bonchev–Trinajstić information content (AvgIpc) is 2.62. The molecule has 4 aromatic carbocycles. The number of aryl methyl sites for hydroxylation is 2. The fraction of sp³-hybridized carbons (Fsp3) is 0.0870. The Morgan fingerprint density at radius 3 is 1.80 bits per heavy atom. The van der Waals surface area contributed by atoms with E-state index in [2.05, 4.69) is 23.5 Å². The quantitative estimate of drug-likeness (QED) is 0.459. The number of benzene rings is 4. The van der Waals surface area contributed by atoms with Crippen molar-refractivity contribution in [3.05, 3.63) is 89.5 Å². The fourth-order valence-corrected chi connectivity index (χ4v) is 3.45. The fourth-order valence-electron chi connectivity index (χ4n) is 3.45. The lowest BCUT2D eigenvalue weighted by Gasteiger charge is -2.15. The van der Waals surface area contributed by atoms with Crippen LogP contribution in [0.15, 0.2) is 72.8 Å². The lowest BCUT2D eigenvalue weighted by atomic mass is 9.96. The molecule has 0 aliphatic carbocycles. The molecule has 0 aliphatic heterocycles. The van der Waals surface area contributed by atoms with Crippen LogP contribution in [0.25, 0.3) is 21.5 Å². The molecule has 0 aliphatic rings. The summed E-state index contributed by atoms with van der Waals surface area (Å²) in [7, 11) is 0. The lowest BCUT2D eigenvalue weighted by Crippen LogP contribution is -2.14. The Balaban J connectivity index is 1.93. The third-order valence-corrected chi connectivity index (χ3v) is 4.72. The highest BCUT2D eigenvalue weighted by Gasteiger charge is 2.16. The van der Waals surface area contributed by atoms with Gasteiger partial charge in [0.25, 0.3) is 5.91 Å². The van der Waals surface area contributed by atoms with Crippen molar-refractivity contribution < 1.29 is 4.79 Å². The van der Waals surface area contributed by atoms with E-state index in [0.717, 1.165) is 43.9 Å². The largest absolute Gasteiger partial charge is 0.321 e. The number of carbonyl (C=O) groups is 1. The first-order valence-corrected chi connectivity index (χ1v) is 8.43. The molecular weight excluding hydrogens is 306 g/mol. The number of hydrogen-bond donors (Lipinski definition) is 1. The molecule has 0 saturated heterocycles. The third-order valence-electron chi connectivity index (χ3n) is 4.72. The first kappa shape index (κ1) is 15.4. The molecule has 2 heteroatoms. The summed E-state index contributed by atoms with van der Waals surface area (Å²) in [6.45, 7) is 4.04. The second kappa shape index (κ2) is 6.06. The van der Waals surface area contributed by atoms with Crippen molar-refractivity contribution in [2.45, 2.75) is 13.8 Å². The average molecular weight is 325 g/mol. The molecule has 0 saturated carbocycles. The maximum absolute atomic E-state index is 13.2. The maximum Gasteiger partial charge on any atom is 0.256 e. The van der Waals surface area contributed by atoms with Crippen molar-refractivity contribution in [1.82, 2.24) is 0 Å². The van der Waals surface area contributed by atoms with Gasteiger partial charge >= 0.3 is 0 Å². The molecule has 0 aromatic heterocycles. The third kappa shape index (κ3) is 2.66. The van der Waals surface area contributed by atoms with Gasteiger partial charge in [-0.2, -0.15) is 0 Å². The van der Waals surface area contributed by atoms with E-state index in [0.29, 0.717) is 0 Å². The Morgan fingerprint density at radius 1 is 0.720 bits per heavy atom. The summed E-state index contributed by atoms with van der Waals surface area (Å²) in [4.78, 5) is 13.2. The SMILES string of the molecule is Cc1cccc(C)c1NC(=O)c1c2ccccc2cc2ccccc12. The van der Waals surface area contributed by atoms with Gasteiger partial charge in [0.05, 0.1) is 5.56 Å². The van der Waals surface area contributed by atoms with E-state index in [1.807, 2.05) is 68.4 Å². The molecule has 4 aromatic rings. The monoisotopic (exact) mass is 325 g/mol. The topological polar surface area (TPSA) is 29.1 Å². The molecule has 1 amide bonds. The number of amides is 1. The summed E-state index contributed by atoms with van der Waals surface area (Å²) >= 11 is 0. The first-order valence-electron chi connectivity index (χ1n) is 8.43. The predicted octanol–water partition coefficient (Wildman–Crippen LogP) is 5.86. The number of carbonyl (C=O) groups excluding carboxylic acids is 1. The molecule has 0 bridgehead atoms. The van der Waals surface area contributed by atoms with Crippen molar-refractivity contribution >= 4 is 33.1 Å². The smallest absolute Gasteiger partial charge is 0.256 e. The summed E-state index contributed by atoms with van der Waals surface area (Å²) in [6.07, 6.45) is 0. The number of nitrogens with one attached hydrogen (secondary N) is 1. The molecule has 2 nitrogen and oxygen atoms in total. The van der Waals surface area contributed by atoms with Gasteiger partial charge in [-0.05, 0) is 52.6 Å². The van der Waals surface area contributed by atoms with Gasteiger partial charge in [-0.25, -0.2) is 0 Å². The first-order chi connectivity index (χ1) is 12.1. The van der Waals surface area contributed by atoms with Gasteiger partial charge in [0.1, 0.15) is 0 Å². The molecule has 0 atom stereocenters. The van der Waals surface area contributed by atoms with Crippen LogP contribution in [0.5, 0.6) is 0 Å². The van der Waals surface area contributed by atoms with Crippen LogP contribution in [0.1, 0.15) is 21.5 Å². The van der Waals surface area contributed by atoms with Crippen LogP contribution in [0, 0.1) is 13.8 Å². The summed E-state index contributed by atoms with van der Waals surface area (Å²) in [5.41, 5.74) is 3.76. The second-order valence-corrected chi connectivity index (χ2v) is 6.41. The Hall–Kier alpha value is -3.13. The van der Waals surface area contributed by atoms with E-state index in [4.69, 9.17) is 0 Å². The van der Waals surface area contributed by atoms with Crippen molar-refractivity contribution in [3.8, 4) is 0 Å². The van der Waals surface area contributed by atoms with Crippen LogP contribution in [-0.2, 0) is 0 Å². The molecule has 122 valence electrons. The Morgan fingerprint density at radius 2 is 1.24 bits per heavy atom. The van der Waals surface area contributed by atoms with Gasteiger partial charge < -0.3 is 5.32 Å². The highest BCUT2D eigenvalue weighted by atomic mass is 16.1. The molecule has 1 N–H and O–H groups in total. The number of rotatable bonds is 2. The summed E-state index contributed by atoms with van der Waals surface area (Å²) in [5, 5.41) is 7.25. The molecule has 0 spiro atoms. The Bertz CT molecular complexity index is 1040. The highest BCUT2D eigenvalue weighted by molar-refractivity contribution is 6.22. The predicted molar refractivity (Wildman–Crippen MR) is 105 cm³/mol. The highest BCUT2D eigenvalue weighted by Crippen LogP contribution is 2.30. The van der Waals surface area contributed by atoms with Crippen LogP contribution >= 0.6 is 0 Å². The van der Waals surface area contributed by atoms with Crippen molar-refractivity contribution in [2.24, 2.45) is 0 Å². The molecule has 0 unspecified atom stereocenters. The lowest BCUT2D eigenvalue weighted by molar-refractivity contribution is 0.102. The van der Waals surface area contributed by atoms with Crippen molar-refractivity contribution in [3.63, 3.8) is 0 Å². The van der Waals surface area contributed by atoms with E-state index in [1.165, 1.54) is 0 Å². The Labute approximate surface area is 147 Å². The standard InChI is InChI=1S/C23H19NO/c1-15-8-7-9-16(2)22(15)24-23(25)21-19-12-5-3-10-17(19)14-18-11-4-6-13-20(18)21/h3-14H,1-2H3,(H,24,25). The number of para-hydroxylation sites is 1. The van der Waals surface area contributed by atoms with E-state index in [-0.39, 0.29) is 5.91 Å². The van der Waals surface area contributed by atoms with Gasteiger partial charge in [-0.1, -0.05) is 66.7 Å². The Kier molecular flexibility index (Phi) is 3.73. The zero-order valence-electron chi connectivity index (χ0n) is 14.3. The minimum absolute atomic E-state index is 0.0644. The van der Waals surface area contributed by atoms with Crippen LogP contribution < -0.4 is 5.32 Å². The number of fused-ring (bicyclic) bond motifs is 2. The molecule has 0 heterocycles. The number of anilines is 1. The van der Waals surface area contributed by atoms with Crippen LogP contribution in [0.4, 0.5) is 5.69 Å². The molecule has 25 heavy (non-hydrogen) atoms. The van der Waals surface area contributed by atoms with Gasteiger partial charge in [0.2, 0.25) is 0 Å². The summed E-state index contributed by atoms with van der Waals surface area (Å²) in [5.74, 6) is -0.0644.